The van der Waals surface area contributed by atoms with Gasteiger partial charge in [0.25, 0.3) is 0 Å². The Morgan fingerprint density at radius 1 is 1.00 bits per heavy atom. The van der Waals surface area contributed by atoms with Crippen molar-refractivity contribution in [3.8, 4) is 5.75 Å². The van der Waals surface area contributed by atoms with Crippen LogP contribution in [0.5, 0.6) is 5.75 Å². The zero-order chi connectivity index (χ0) is 13.9. The molecular formula is C16H24O3. The molecule has 0 bridgehead atoms. The summed E-state index contributed by atoms with van der Waals surface area (Å²) >= 11 is 0. The van der Waals surface area contributed by atoms with Crippen LogP contribution in [-0.2, 0) is 11.2 Å². The summed E-state index contributed by atoms with van der Waals surface area (Å²) in [4.78, 5) is 11.3. The van der Waals surface area contributed by atoms with Gasteiger partial charge in [-0.2, -0.15) is 0 Å². The zero-order valence-electron chi connectivity index (χ0n) is 12.0. The van der Waals surface area contributed by atoms with Gasteiger partial charge >= 0.3 is 6.16 Å². The Hall–Kier alpha value is -1.51. The van der Waals surface area contributed by atoms with Crippen LogP contribution in [0.1, 0.15) is 51.5 Å². The maximum Gasteiger partial charge on any atom is 0.513 e. The van der Waals surface area contributed by atoms with E-state index < -0.39 is 6.16 Å². The minimum atomic E-state index is -0.618. The molecule has 106 valence electrons. The number of hydrogen-bond acceptors (Lipinski definition) is 3. The topological polar surface area (TPSA) is 35.5 Å². The average Bonchev–Trinajstić information content (AvgIpc) is 2.41. The van der Waals surface area contributed by atoms with Crippen molar-refractivity contribution in [2.24, 2.45) is 0 Å². The normalized spacial score (nSPS) is 10.2. The molecule has 3 heteroatoms. The van der Waals surface area contributed by atoms with Gasteiger partial charge in [-0.1, -0.05) is 45.2 Å². The fourth-order valence-electron chi connectivity index (χ4n) is 1.73. The van der Waals surface area contributed by atoms with Crippen molar-refractivity contribution < 1.29 is 14.3 Å². The molecule has 1 rings (SSSR count). The van der Waals surface area contributed by atoms with E-state index in [1.54, 1.807) is 0 Å². The highest BCUT2D eigenvalue weighted by molar-refractivity contribution is 5.63. The number of ether oxygens (including phenoxy) is 2. The minimum absolute atomic E-state index is 0.421. The lowest BCUT2D eigenvalue weighted by Crippen LogP contribution is -2.11. The van der Waals surface area contributed by atoms with E-state index in [1.165, 1.54) is 24.8 Å². The highest BCUT2D eigenvalue weighted by Gasteiger charge is 2.05. The summed E-state index contributed by atoms with van der Waals surface area (Å²) in [5.41, 5.74) is 1.28. The highest BCUT2D eigenvalue weighted by Crippen LogP contribution is 2.15. The highest BCUT2D eigenvalue weighted by atomic mass is 16.7. The van der Waals surface area contributed by atoms with Crippen molar-refractivity contribution in [2.75, 3.05) is 6.61 Å². The van der Waals surface area contributed by atoms with Crippen molar-refractivity contribution >= 4 is 6.16 Å². The Bertz CT molecular complexity index is 357. The number of unbranched alkanes of at least 4 members (excludes halogenated alkanes) is 3. The largest absolute Gasteiger partial charge is 0.513 e. The molecule has 0 atom stereocenters. The summed E-state index contributed by atoms with van der Waals surface area (Å²) in [7, 11) is 0. The van der Waals surface area contributed by atoms with Crippen LogP contribution in [0, 0.1) is 0 Å². The molecule has 0 amide bonds. The molecule has 0 N–H and O–H groups in total. The molecule has 0 unspecified atom stereocenters. The fourth-order valence-corrected chi connectivity index (χ4v) is 1.73. The van der Waals surface area contributed by atoms with Crippen LogP contribution in [0.2, 0.25) is 0 Å². The van der Waals surface area contributed by atoms with Crippen LogP contribution in [-0.4, -0.2) is 12.8 Å². The van der Waals surface area contributed by atoms with Gasteiger partial charge in [-0.25, -0.2) is 4.79 Å². The van der Waals surface area contributed by atoms with Gasteiger partial charge in [0.2, 0.25) is 0 Å². The van der Waals surface area contributed by atoms with E-state index in [1.807, 2.05) is 31.2 Å². The standard InChI is InChI=1S/C16H24O3/c1-3-5-7-8-14-9-11-15(12-10-14)19-16(17)18-13-6-4-2/h9-12H,3-8,13H2,1-2H3. The van der Waals surface area contributed by atoms with E-state index in [0.29, 0.717) is 12.4 Å². The molecule has 0 saturated heterocycles. The van der Waals surface area contributed by atoms with Crippen LogP contribution in [0.15, 0.2) is 24.3 Å². The monoisotopic (exact) mass is 264 g/mol. The van der Waals surface area contributed by atoms with Crippen molar-refractivity contribution in [2.45, 2.75) is 52.4 Å². The SMILES string of the molecule is CCCCCc1ccc(OC(=O)OCCCC)cc1. The predicted molar refractivity (Wildman–Crippen MR) is 76.6 cm³/mol. The molecule has 0 aromatic heterocycles. The molecule has 0 fully saturated rings. The van der Waals surface area contributed by atoms with Gasteiger partial charge in [0.15, 0.2) is 0 Å². The summed E-state index contributed by atoms with van der Waals surface area (Å²) < 4.78 is 10.0. The lowest BCUT2D eigenvalue weighted by Gasteiger charge is -2.06. The molecule has 0 spiro atoms. The molecule has 0 radical (unpaired) electrons. The first-order valence-electron chi connectivity index (χ1n) is 7.19. The molecule has 1 aromatic carbocycles. The number of carbonyl (C=O) groups is 1. The quantitative estimate of drug-likeness (QED) is 0.386. The van der Waals surface area contributed by atoms with Crippen molar-refractivity contribution in [3.63, 3.8) is 0 Å². The summed E-state index contributed by atoms with van der Waals surface area (Å²) in [6.45, 7) is 4.66. The van der Waals surface area contributed by atoms with E-state index in [0.717, 1.165) is 19.3 Å². The maximum absolute atomic E-state index is 11.3. The third kappa shape index (κ3) is 6.85. The smallest absolute Gasteiger partial charge is 0.434 e. The lowest BCUT2D eigenvalue weighted by molar-refractivity contribution is 0.0978. The van der Waals surface area contributed by atoms with Crippen LogP contribution in [0.25, 0.3) is 0 Å². The summed E-state index contributed by atoms with van der Waals surface area (Å²) in [6.07, 6.45) is 6.01. The second kappa shape index (κ2) is 9.42. The van der Waals surface area contributed by atoms with Crippen molar-refractivity contribution in [1.82, 2.24) is 0 Å². The second-order valence-electron chi connectivity index (χ2n) is 4.66. The molecular weight excluding hydrogens is 240 g/mol. The zero-order valence-corrected chi connectivity index (χ0v) is 12.0. The van der Waals surface area contributed by atoms with E-state index in [4.69, 9.17) is 9.47 Å². The lowest BCUT2D eigenvalue weighted by atomic mass is 10.1. The molecule has 3 nitrogen and oxygen atoms in total. The van der Waals surface area contributed by atoms with Crippen LogP contribution in [0.3, 0.4) is 0 Å². The van der Waals surface area contributed by atoms with E-state index in [2.05, 4.69) is 6.92 Å². The Morgan fingerprint density at radius 3 is 2.32 bits per heavy atom. The molecule has 0 aliphatic heterocycles. The van der Waals surface area contributed by atoms with E-state index in [-0.39, 0.29) is 0 Å². The average molecular weight is 264 g/mol. The third-order valence-corrected chi connectivity index (χ3v) is 2.91. The Morgan fingerprint density at radius 2 is 1.68 bits per heavy atom. The number of rotatable bonds is 8. The minimum Gasteiger partial charge on any atom is -0.434 e. The first-order valence-corrected chi connectivity index (χ1v) is 7.19. The van der Waals surface area contributed by atoms with Gasteiger partial charge in [-0.3, -0.25) is 0 Å². The molecule has 19 heavy (non-hydrogen) atoms. The molecule has 1 aromatic rings. The van der Waals surface area contributed by atoms with Gasteiger partial charge in [0.05, 0.1) is 6.61 Å². The fraction of sp³-hybridized carbons (Fsp3) is 0.562. The van der Waals surface area contributed by atoms with Crippen LogP contribution < -0.4 is 4.74 Å². The number of benzene rings is 1. The van der Waals surface area contributed by atoms with Crippen molar-refractivity contribution in [1.29, 1.82) is 0 Å². The van der Waals surface area contributed by atoms with Gasteiger partial charge in [-0.05, 0) is 37.0 Å². The van der Waals surface area contributed by atoms with E-state index in [9.17, 15) is 4.79 Å². The Balaban J connectivity index is 2.32. The molecule has 0 saturated carbocycles. The first kappa shape index (κ1) is 15.5. The molecule has 0 aliphatic rings. The third-order valence-electron chi connectivity index (χ3n) is 2.91. The Kier molecular flexibility index (Phi) is 7.71. The van der Waals surface area contributed by atoms with Gasteiger partial charge in [0.1, 0.15) is 5.75 Å². The molecule has 0 aliphatic carbocycles. The maximum atomic E-state index is 11.3. The van der Waals surface area contributed by atoms with Gasteiger partial charge in [0, 0.05) is 0 Å². The summed E-state index contributed by atoms with van der Waals surface area (Å²) in [6, 6.07) is 7.65. The van der Waals surface area contributed by atoms with E-state index >= 15 is 0 Å². The predicted octanol–water partition coefficient (Wildman–Crippen LogP) is 4.73. The summed E-state index contributed by atoms with van der Waals surface area (Å²) in [5, 5.41) is 0. The first-order chi connectivity index (χ1) is 9.26. The Labute approximate surface area is 115 Å². The molecule has 0 heterocycles. The number of aryl methyl sites for hydroxylation is 1. The van der Waals surface area contributed by atoms with Crippen molar-refractivity contribution in [3.05, 3.63) is 29.8 Å². The summed E-state index contributed by atoms with van der Waals surface area (Å²) in [5.74, 6) is 0.542. The van der Waals surface area contributed by atoms with Gasteiger partial charge < -0.3 is 9.47 Å². The van der Waals surface area contributed by atoms with Crippen LogP contribution in [0.4, 0.5) is 4.79 Å². The number of carbonyl (C=O) groups excluding carboxylic acids is 1. The van der Waals surface area contributed by atoms with Gasteiger partial charge in [-0.15, -0.1) is 0 Å². The van der Waals surface area contributed by atoms with Crippen LogP contribution >= 0.6 is 0 Å². The second-order valence-corrected chi connectivity index (χ2v) is 4.66. The number of hydrogen-bond donors (Lipinski definition) is 0.